The van der Waals surface area contributed by atoms with Gasteiger partial charge in [0.2, 0.25) is 5.82 Å². The lowest BCUT2D eigenvalue weighted by molar-refractivity contribution is -0.385. The van der Waals surface area contributed by atoms with E-state index >= 15 is 0 Å². The highest BCUT2D eigenvalue weighted by atomic mass is 19.1. The van der Waals surface area contributed by atoms with E-state index in [2.05, 4.69) is 9.97 Å². The molecule has 1 fully saturated rings. The lowest BCUT2D eigenvalue weighted by Gasteiger charge is -2.32. The van der Waals surface area contributed by atoms with Crippen molar-refractivity contribution in [1.29, 1.82) is 0 Å². The van der Waals surface area contributed by atoms with Gasteiger partial charge in [-0.05, 0) is 68.3 Å². The molecule has 9 nitrogen and oxygen atoms in total. The predicted octanol–water partition coefficient (Wildman–Crippen LogP) is 4.55. The maximum absolute atomic E-state index is 13.1. The summed E-state index contributed by atoms with van der Waals surface area (Å²) in [6, 6.07) is 11.4. The third-order valence-electron chi connectivity index (χ3n) is 5.53. The minimum atomic E-state index is -0.550. The molecule has 34 heavy (non-hydrogen) atoms. The van der Waals surface area contributed by atoms with Gasteiger partial charge in [0, 0.05) is 30.8 Å². The lowest BCUT2D eigenvalue weighted by Crippen LogP contribution is -2.37. The van der Waals surface area contributed by atoms with Gasteiger partial charge in [0.15, 0.2) is 5.78 Å². The van der Waals surface area contributed by atoms with Gasteiger partial charge in [0.25, 0.3) is 0 Å². The van der Waals surface area contributed by atoms with Crippen LogP contribution >= 0.6 is 0 Å². The van der Waals surface area contributed by atoms with Gasteiger partial charge in [-0.2, -0.15) is 4.98 Å². The number of hydrogen-bond acceptors (Lipinski definition) is 8. The third kappa shape index (κ3) is 5.18. The molecule has 2 heterocycles. The van der Waals surface area contributed by atoms with Crippen LogP contribution in [0.25, 0.3) is 0 Å². The van der Waals surface area contributed by atoms with Crippen molar-refractivity contribution in [2.75, 3.05) is 24.6 Å². The third-order valence-corrected chi connectivity index (χ3v) is 5.53. The molecule has 0 aliphatic carbocycles. The molecular weight excluding hydrogens is 443 g/mol. The summed E-state index contributed by atoms with van der Waals surface area (Å²) < 4.78 is 24.5. The summed E-state index contributed by atoms with van der Waals surface area (Å²) in [5, 5.41) is 11.9. The Morgan fingerprint density at radius 2 is 1.71 bits per heavy atom. The van der Waals surface area contributed by atoms with E-state index in [1.54, 1.807) is 0 Å². The summed E-state index contributed by atoms with van der Waals surface area (Å²) in [6.45, 7) is 3.71. The summed E-state index contributed by atoms with van der Waals surface area (Å²) in [5.41, 5.74) is 0.400. The van der Waals surface area contributed by atoms with Crippen molar-refractivity contribution < 1.29 is 23.6 Å². The van der Waals surface area contributed by atoms with Gasteiger partial charge in [-0.1, -0.05) is 0 Å². The first-order chi connectivity index (χ1) is 16.5. The molecule has 10 heteroatoms. The van der Waals surface area contributed by atoms with Crippen LogP contribution in [0.15, 0.2) is 54.9 Å². The van der Waals surface area contributed by atoms with Gasteiger partial charge in [0.05, 0.1) is 11.0 Å². The average Bonchev–Trinajstić information content (AvgIpc) is 2.85. The number of aromatic nitrogens is 2. The monoisotopic (exact) mass is 466 g/mol. The van der Waals surface area contributed by atoms with Gasteiger partial charge >= 0.3 is 11.6 Å². The summed E-state index contributed by atoms with van der Waals surface area (Å²) in [7, 11) is 0. The number of carbonyl (C=O) groups excluding carboxylic acids is 1. The quantitative estimate of drug-likeness (QED) is 0.270. The topological polar surface area (TPSA) is 108 Å². The van der Waals surface area contributed by atoms with E-state index in [9.17, 15) is 19.3 Å². The van der Waals surface area contributed by atoms with E-state index in [0.717, 1.165) is 12.8 Å². The first kappa shape index (κ1) is 23.2. The SMILES string of the molecule is CCOC1CCN(c2ncnc(Oc3ccc(C(=O)c4ccc(F)cc4)cc3)c2[N+](=O)[O-])CC1. The maximum Gasteiger partial charge on any atom is 0.373 e. The highest BCUT2D eigenvalue weighted by molar-refractivity contribution is 6.09. The van der Waals surface area contributed by atoms with Crippen LogP contribution in [0.5, 0.6) is 11.6 Å². The number of nitrogens with zero attached hydrogens (tertiary/aromatic N) is 4. The van der Waals surface area contributed by atoms with Crippen molar-refractivity contribution in [3.05, 3.63) is 81.9 Å². The number of nitro groups is 1. The Morgan fingerprint density at radius 3 is 2.29 bits per heavy atom. The molecule has 1 aromatic heterocycles. The Hall–Kier alpha value is -3.92. The molecule has 0 amide bonds. The molecule has 1 aliphatic rings. The molecule has 3 aromatic rings. The smallest absolute Gasteiger partial charge is 0.373 e. The van der Waals surface area contributed by atoms with Crippen molar-refractivity contribution in [3.8, 4) is 11.6 Å². The standard InChI is InChI=1S/C24H23FN4O5/c1-2-33-19-11-13-28(14-12-19)23-21(29(31)32)24(27-15-26-23)34-20-9-5-17(6-10-20)22(30)16-3-7-18(25)8-4-16/h3-10,15,19H,2,11-14H2,1H3. The van der Waals surface area contributed by atoms with Crippen molar-refractivity contribution in [3.63, 3.8) is 0 Å². The van der Waals surface area contributed by atoms with Gasteiger partial charge in [-0.25, -0.2) is 9.37 Å². The first-order valence-electron chi connectivity index (χ1n) is 10.9. The van der Waals surface area contributed by atoms with E-state index in [1.807, 2.05) is 11.8 Å². The first-order valence-corrected chi connectivity index (χ1v) is 10.9. The van der Waals surface area contributed by atoms with Crippen LogP contribution < -0.4 is 9.64 Å². The second-order valence-corrected chi connectivity index (χ2v) is 7.71. The van der Waals surface area contributed by atoms with Gasteiger partial charge in [-0.15, -0.1) is 0 Å². The molecule has 1 saturated heterocycles. The molecule has 0 spiro atoms. The Bertz CT molecular complexity index is 1160. The molecule has 0 saturated carbocycles. The number of carbonyl (C=O) groups is 1. The van der Waals surface area contributed by atoms with Crippen molar-refractivity contribution >= 4 is 17.3 Å². The van der Waals surface area contributed by atoms with Crippen LogP contribution in [0, 0.1) is 15.9 Å². The summed E-state index contributed by atoms with van der Waals surface area (Å²) in [5.74, 6) is -0.409. The zero-order valence-electron chi connectivity index (χ0n) is 18.5. The number of benzene rings is 2. The number of ether oxygens (including phenoxy) is 2. The zero-order valence-corrected chi connectivity index (χ0v) is 18.5. The summed E-state index contributed by atoms with van der Waals surface area (Å²) in [4.78, 5) is 33.9. The molecule has 0 radical (unpaired) electrons. The van der Waals surface area contributed by atoms with E-state index in [1.165, 1.54) is 54.9 Å². The average molecular weight is 466 g/mol. The molecule has 4 rings (SSSR count). The molecule has 0 N–H and O–H groups in total. The van der Waals surface area contributed by atoms with E-state index < -0.39 is 10.7 Å². The van der Waals surface area contributed by atoms with Crippen LogP contribution in [-0.4, -0.2) is 46.5 Å². The van der Waals surface area contributed by atoms with Crippen LogP contribution in [0.1, 0.15) is 35.7 Å². The van der Waals surface area contributed by atoms with Crippen LogP contribution in [0.3, 0.4) is 0 Å². The van der Waals surface area contributed by atoms with E-state index in [-0.39, 0.29) is 35.0 Å². The molecule has 2 aromatic carbocycles. The fraction of sp³-hybridized carbons (Fsp3) is 0.292. The molecule has 176 valence electrons. The van der Waals surface area contributed by atoms with Crippen LogP contribution in [0.4, 0.5) is 15.9 Å². The Kier molecular flexibility index (Phi) is 7.07. The Labute approximate surface area is 195 Å². The van der Waals surface area contributed by atoms with Crippen LogP contribution in [0.2, 0.25) is 0 Å². The van der Waals surface area contributed by atoms with E-state index in [0.29, 0.717) is 30.8 Å². The molecule has 0 atom stereocenters. The van der Waals surface area contributed by atoms with Gasteiger partial charge < -0.3 is 14.4 Å². The van der Waals surface area contributed by atoms with Gasteiger partial charge in [0.1, 0.15) is 17.9 Å². The fourth-order valence-corrected chi connectivity index (χ4v) is 3.84. The lowest BCUT2D eigenvalue weighted by atomic mass is 10.0. The highest BCUT2D eigenvalue weighted by Gasteiger charge is 2.31. The maximum atomic E-state index is 13.1. The summed E-state index contributed by atoms with van der Waals surface area (Å²) >= 11 is 0. The number of piperidine rings is 1. The predicted molar refractivity (Wildman–Crippen MR) is 122 cm³/mol. The normalized spacial score (nSPS) is 14.1. The van der Waals surface area contributed by atoms with E-state index in [4.69, 9.17) is 9.47 Å². The largest absolute Gasteiger partial charge is 0.434 e. The Morgan fingerprint density at radius 1 is 1.09 bits per heavy atom. The fourth-order valence-electron chi connectivity index (χ4n) is 3.84. The van der Waals surface area contributed by atoms with Crippen molar-refractivity contribution in [2.45, 2.75) is 25.9 Å². The number of ketones is 1. The highest BCUT2D eigenvalue weighted by Crippen LogP contribution is 2.37. The van der Waals surface area contributed by atoms with Crippen molar-refractivity contribution in [2.24, 2.45) is 0 Å². The van der Waals surface area contributed by atoms with Crippen LogP contribution in [-0.2, 0) is 4.74 Å². The second-order valence-electron chi connectivity index (χ2n) is 7.71. The number of halogens is 1. The molecule has 1 aliphatic heterocycles. The number of hydrogen-bond donors (Lipinski definition) is 0. The van der Waals surface area contributed by atoms with Gasteiger partial charge in [-0.3, -0.25) is 14.9 Å². The van der Waals surface area contributed by atoms with Crippen molar-refractivity contribution in [1.82, 2.24) is 9.97 Å². The molecule has 0 bridgehead atoms. The summed E-state index contributed by atoms with van der Waals surface area (Å²) in [6.07, 6.45) is 2.86. The Balaban J connectivity index is 1.52. The minimum absolute atomic E-state index is 0.133. The second kappa shape index (κ2) is 10.3. The minimum Gasteiger partial charge on any atom is -0.434 e. The number of anilines is 1. The zero-order chi connectivity index (χ0) is 24.1. The molecule has 0 unspecified atom stereocenters. The molecular formula is C24H23FN4O5. The number of rotatable bonds is 8.